The molecule has 38 heavy (non-hydrogen) atoms. The van der Waals surface area contributed by atoms with Gasteiger partial charge < -0.3 is 14.9 Å². The summed E-state index contributed by atoms with van der Waals surface area (Å²) in [6.07, 6.45) is 11.3. The molecule has 1 N–H and O–H groups in total. The normalized spacial score (nSPS) is 24.5. The quantitative estimate of drug-likeness (QED) is 0.388. The summed E-state index contributed by atoms with van der Waals surface area (Å²) in [4.78, 5) is 19.3. The van der Waals surface area contributed by atoms with Crippen LogP contribution >= 0.6 is 23.5 Å². The molecule has 2 atom stereocenters. The Morgan fingerprint density at radius 1 is 0.816 bits per heavy atom. The number of amides is 1. The van der Waals surface area contributed by atoms with Crippen molar-refractivity contribution in [1.82, 2.24) is 9.80 Å². The number of thioether (sulfide) groups is 2. The van der Waals surface area contributed by atoms with Crippen LogP contribution in [-0.2, 0) is 15.6 Å². The van der Waals surface area contributed by atoms with E-state index in [9.17, 15) is 9.90 Å². The van der Waals surface area contributed by atoms with E-state index in [2.05, 4.69) is 63.5 Å². The molecule has 3 fully saturated rings. The Kier molecular flexibility index (Phi) is 10.1. The molecule has 0 radical (unpaired) electrons. The highest BCUT2D eigenvalue weighted by Gasteiger charge is 2.32. The number of hydrogen-bond donors (Lipinski definition) is 1. The van der Waals surface area contributed by atoms with E-state index in [0.717, 1.165) is 37.1 Å². The monoisotopic (exact) mass is 560 g/mol. The molecule has 1 aliphatic carbocycles. The van der Waals surface area contributed by atoms with E-state index in [1.54, 1.807) is 0 Å². The fraction of sp³-hybridized carbons (Fsp3) is 0.781. The molecule has 2 heterocycles. The lowest BCUT2D eigenvalue weighted by atomic mass is 9.79. The summed E-state index contributed by atoms with van der Waals surface area (Å²) in [5, 5.41) is 12.2. The highest BCUT2D eigenvalue weighted by atomic mass is 32.2. The molecule has 4 rings (SSSR count). The highest BCUT2D eigenvalue weighted by molar-refractivity contribution is 8.04. The largest absolute Gasteiger partial charge is 0.507 e. The summed E-state index contributed by atoms with van der Waals surface area (Å²) >= 11 is 3.89. The topological polar surface area (TPSA) is 43.8 Å². The molecule has 1 amide bonds. The first kappa shape index (κ1) is 30.1. The average Bonchev–Trinajstić information content (AvgIpc) is 2.88. The predicted octanol–water partition coefficient (Wildman–Crippen LogP) is 7.60. The van der Waals surface area contributed by atoms with Gasteiger partial charge in [0.15, 0.2) is 0 Å². The first-order chi connectivity index (χ1) is 17.9. The molecule has 0 spiro atoms. The van der Waals surface area contributed by atoms with Gasteiger partial charge in [0.2, 0.25) is 5.91 Å². The number of rotatable bonds is 6. The first-order valence-electron chi connectivity index (χ1n) is 15.1. The van der Waals surface area contributed by atoms with Crippen LogP contribution in [0.1, 0.15) is 110 Å². The molecule has 4 nitrogen and oxygen atoms in total. The van der Waals surface area contributed by atoms with Crippen molar-refractivity contribution in [3.8, 4) is 5.75 Å². The van der Waals surface area contributed by atoms with Gasteiger partial charge in [0, 0.05) is 45.7 Å². The number of carbonyl (C=O) groups excluding carboxylic acids is 1. The number of benzene rings is 1. The maximum atomic E-state index is 13.2. The lowest BCUT2D eigenvalue weighted by molar-refractivity contribution is -0.130. The van der Waals surface area contributed by atoms with Crippen LogP contribution in [0, 0.1) is 0 Å². The average molecular weight is 561 g/mol. The van der Waals surface area contributed by atoms with Crippen molar-refractivity contribution in [2.75, 3.05) is 31.9 Å². The van der Waals surface area contributed by atoms with E-state index in [-0.39, 0.29) is 10.8 Å². The van der Waals surface area contributed by atoms with Crippen molar-refractivity contribution in [1.29, 1.82) is 0 Å². The highest BCUT2D eigenvalue weighted by Crippen LogP contribution is 2.45. The summed E-state index contributed by atoms with van der Waals surface area (Å²) in [5.74, 6) is 1.42. The van der Waals surface area contributed by atoms with Gasteiger partial charge in [0.25, 0.3) is 0 Å². The van der Waals surface area contributed by atoms with Crippen molar-refractivity contribution in [3.63, 3.8) is 0 Å². The Morgan fingerprint density at radius 2 is 1.37 bits per heavy atom. The second kappa shape index (κ2) is 12.8. The Hall–Kier alpha value is -0.850. The summed E-state index contributed by atoms with van der Waals surface area (Å²) in [7, 11) is 0. The number of aromatic hydroxyl groups is 1. The van der Waals surface area contributed by atoms with Gasteiger partial charge in [-0.1, -0.05) is 60.8 Å². The number of likely N-dealkylation sites (tertiary alicyclic amines) is 2. The van der Waals surface area contributed by atoms with Crippen LogP contribution in [0.4, 0.5) is 0 Å². The van der Waals surface area contributed by atoms with Crippen LogP contribution in [0.2, 0.25) is 0 Å². The van der Waals surface area contributed by atoms with Crippen LogP contribution in [0.5, 0.6) is 5.75 Å². The standard InChI is InChI=1S/C32H52N2O2S2/c1-31(2,3)25-20-24(21-26(30(25)36)32(4,5)6)38-28-13-9-8-12-27(28)37-22-29(35)34-18-14-23(15-19-34)33-16-10-7-11-17-33/h20-21,23,27-28,36H,7-19,22H2,1-6H3. The lowest BCUT2D eigenvalue weighted by Crippen LogP contribution is -2.48. The molecule has 2 unspecified atom stereocenters. The molecule has 2 aliphatic heterocycles. The van der Waals surface area contributed by atoms with Crippen molar-refractivity contribution < 1.29 is 9.90 Å². The van der Waals surface area contributed by atoms with E-state index in [1.807, 2.05) is 23.5 Å². The van der Waals surface area contributed by atoms with Crippen LogP contribution in [0.3, 0.4) is 0 Å². The molecule has 1 aromatic carbocycles. The molecule has 0 bridgehead atoms. The van der Waals surface area contributed by atoms with E-state index in [1.165, 1.54) is 62.9 Å². The number of piperidine rings is 2. The van der Waals surface area contributed by atoms with Crippen LogP contribution < -0.4 is 0 Å². The minimum atomic E-state index is -0.116. The number of phenolic OH excluding ortho intramolecular Hbond substituents is 1. The van der Waals surface area contributed by atoms with E-state index in [0.29, 0.717) is 34.0 Å². The van der Waals surface area contributed by atoms with Crippen molar-refractivity contribution in [2.45, 2.75) is 132 Å². The third kappa shape index (κ3) is 7.66. The number of phenols is 1. The maximum Gasteiger partial charge on any atom is 0.232 e. The van der Waals surface area contributed by atoms with Gasteiger partial charge in [-0.25, -0.2) is 0 Å². The summed E-state index contributed by atoms with van der Waals surface area (Å²) in [6.45, 7) is 17.5. The Bertz CT molecular complexity index is 903. The molecule has 2 saturated heterocycles. The molecule has 214 valence electrons. The molecular weight excluding hydrogens is 508 g/mol. The third-order valence-corrected chi connectivity index (χ3v) is 11.7. The van der Waals surface area contributed by atoms with Gasteiger partial charge in [-0.3, -0.25) is 4.79 Å². The first-order valence-corrected chi connectivity index (χ1v) is 17.0. The van der Waals surface area contributed by atoms with E-state index in [4.69, 9.17) is 0 Å². The summed E-state index contributed by atoms with van der Waals surface area (Å²) in [6, 6.07) is 5.14. The zero-order valence-corrected chi connectivity index (χ0v) is 26.5. The SMILES string of the molecule is CC(C)(C)c1cc(SC2CCCCC2SCC(=O)N2CCC(N3CCCCC3)CC2)cc(C(C)(C)C)c1O. The van der Waals surface area contributed by atoms with Crippen molar-refractivity contribution >= 4 is 29.4 Å². The lowest BCUT2D eigenvalue weighted by Gasteiger charge is -2.40. The van der Waals surface area contributed by atoms with Crippen LogP contribution in [0.25, 0.3) is 0 Å². The molecular formula is C32H52N2O2S2. The van der Waals surface area contributed by atoms with Gasteiger partial charge in [-0.05, 0) is 74.6 Å². The molecule has 1 saturated carbocycles. The minimum absolute atomic E-state index is 0.116. The van der Waals surface area contributed by atoms with E-state index >= 15 is 0 Å². The molecule has 0 aromatic heterocycles. The molecule has 6 heteroatoms. The number of nitrogens with zero attached hydrogens (tertiary/aromatic N) is 2. The zero-order valence-electron chi connectivity index (χ0n) is 24.9. The van der Waals surface area contributed by atoms with Gasteiger partial charge in [-0.2, -0.15) is 0 Å². The maximum absolute atomic E-state index is 13.2. The van der Waals surface area contributed by atoms with Crippen LogP contribution in [-0.4, -0.2) is 69.3 Å². The minimum Gasteiger partial charge on any atom is -0.507 e. The fourth-order valence-electron chi connectivity index (χ4n) is 6.42. The van der Waals surface area contributed by atoms with Gasteiger partial charge >= 0.3 is 0 Å². The second-order valence-electron chi connectivity index (χ2n) is 13.9. The zero-order chi connectivity index (χ0) is 27.5. The third-order valence-electron chi connectivity index (χ3n) is 8.77. The second-order valence-corrected chi connectivity index (χ2v) is 16.4. The molecule has 3 aliphatic rings. The Labute approximate surface area is 241 Å². The number of hydrogen-bond acceptors (Lipinski definition) is 5. The Morgan fingerprint density at radius 3 is 1.92 bits per heavy atom. The molecule has 1 aromatic rings. The van der Waals surface area contributed by atoms with Gasteiger partial charge in [0.1, 0.15) is 5.75 Å². The smallest absolute Gasteiger partial charge is 0.232 e. The van der Waals surface area contributed by atoms with E-state index < -0.39 is 0 Å². The fourth-order valence-corrected chi connectivity index (χ4v) is 9.34. The predicted molar refractivity (Wildman–Crippen MR) is 165 cm³/mol. The Balaban J connectivity index is 1.36. The van der Waals surface area contributed by atoms with Gasteiger partial charge in [0.05, 0.1) is 5.75 Å². The summed E-state index contributed by atoms with van der Waals surface area (Å²) in [5.41, 5.74) is 1.84. The van der Waals surface area contributed by atoms with Crippen molar-refractivity contribution in [3.05, 3.63) is 23.3 Å². The number of carbonyl (C=O) groups is 1. The van der Waals surface area contributed by atoms with Crippen LogP contribution in [0.15, 0.2) is 17.0 Å². The summed E-state index contributed by atoms with van der Waals surface area (Å²) < 4.78 is 0. The van der Waals surface area contributed by atoms with Crippen molar-refractivity contribution in [2.24, 2.45) is 0 Å². The van der Waals surface area contributed by atoms with Gasteiger partial charge in [-0.15, -0.1) is 23.5 Å².